The van der Waals surface area contributed by atoms with Crippen LogP contribution in [-0.4, -0.2) is 66.9 Å². The highest BCUT2D eigenvalue weighted by Crippen LogP contribution is 2.44. The highest BCUT2D eigenvalue weighted by Gasteiger charge is 2.50. The molecule has 3 atom stereocenters. The Morgan fingerprint density at radius 1 is 1.10 bits per heavy atom. The van der Waals surface area contributed by atoms with Gasteiger partial charge in [0.05, 0.1) is 25.6 Å². The quantitative estimate of drug-likeness (QED) is 0.765. The minimum absolute atomic E-state index is 0.0379. The van der Waals surface area contributed by atoms with Crippen molar-refractivity contribution in [3.05, 3.63) is 65.7 Å². The van der Waals surface area contributed by atoms with Gasteiger partial charge in [0.15, 0.2) is 0 Å². The van der Waals surface area contributed by atoms with Crippen LogP contribution in [-0.2, 0) is 16.1 Å². The Kier molecular flexibility index (Phi) is 5.77. The maximum absolute atomic E-state index is 13.3. The van der Waals surface area contributed by atoms with E-state index in [0.29, 0.717) is 13.0 Å². The summed E-state index contributed by atoms with van der Waals surface area (Å²) < 4.78 is 5.28. The maximum atomic E-state index is 13.3. The van der Waals surface area contributed by atoms with E-state index in [0.717, 1.165) is 24.4 Å². The molecule has 2 aromatic rings. The Balaban J connectivity index is 1.61. The smallest absolute Gasteiger partial charge is 0.237 e. The third kappa shape index (κ3) is 3.92. The van der Waals surface area contributed by atoms with Gasteiger partial charge in [-0.25, -0.2) is 0 Å². The molecule has 30 heavy (non-hydrogen) atoms. The first kappa shape index (κ1) is 20.4. The normalized spacial score (nSPS) is 23.9. The third-order valence-corrected chi connectivity index (χ3v) is 6.18. The number of rotatable bonds is 5. The Morgan fingerprint density at radius 2 is 1.80 bits per heavy atom. The maximum Gasteiger partial charge on any atom is 0.237 e. The molecule has 2 fully saturated rings. The molecule has 2 aliphatic heterocycles. The summed E-state index contributed by atoms with van der Waals surface area (Å²) in [6.45, 7) is 1.90. The second-order valence-electron chi connectivity index (χ2n) is 8.40. The van der Waals surface area contributed by atoms with E-state index in [4.69, 9.17) is 4.74 Å². The predicted molar refractivity (Wildman–Crippen MR) is 115 cm³/mol. The fraction of sp³-hybridized carbons (Fsp3) is 0.417. The number of ether oxygens (including phenoxy) is 1. The summed E-state index contributed by atoms with van der Waals surface area (Å²) in [5.74, 6) is 0.700. The lowest BCUT2D eigenvalue weighted by Crippen LogP contribution is -2.54. The van der Waals surface area contributed by atoms with Crippen molar-refractivity contribution in [3.8, 4) is 5.75 Å². The molecular weight excluding hydrogens is 378 g/mol. The molecule has 6 nitrogen and oxygen atoms in total. The highest BCUT2D eigenvalue weighted by atomic mass is 16.5. The van der Waals surface area contributed by atoms with E-state index in [9.17, 15) is 9.59 Å². The zero-order valence-corrected chi connectivity index (χ0v) is 17.8. The van der Waals surface area contributed by atoms with Crippen molar-refractivity contribution in [2.24, 2.45) is 5.92 Å². The van der Waals surface area contributed by atoms with Gasteiger partial charge in [-0.15, -0.1) is 0 Å². The number of fused-ring (bicyclic) bond motifs is 1. The molecule has 158 valence electrons. The molecule has 0 unspecified atom stereocenters. The van der Waals surface area contributed by atoms with Gasteiger partial charge in [0.2, 0.25) is 11.8 Å². The molecule has 0 bridgehead atoms. The Labute approximate surface area is 178 Å². The zero-order chi connectivity index (χ0) is 21.3. The summed E-state index contributed by atoms with van der Waals surface area (Å²) in [7, 11) is 5.21. The van der Waals surface area contributed by atoms with Crippen LogP contribution in [0.2, 0.25) is 0 Å². The summed E-state index contributed by atoms with van der Waals surface area (Å²) >= 11 is 0. The second kappa shape index (κ2) is 8.48. The first-order chi connectivity index (χ1) is 14.5. The lowest BCUT2D eigenvalue weighted by atomic mass is 9.92. The van der Waals surface area contributed by atoms with Crippen molar-refractivity contribution >= 4 is 11.8 Å². The van der Waals surface area contributed by atoms with Gasteiger partial charge in [0.25, 0.3) is 0 Å². The zero-order valence-electron chi connectivity index (χ0n) is 17.8. The molecule has 0 radical (unpaired) electrons. The highest BCUT2D eigenvalue weighted by molar-refractivity contribution is 5.85. The third-order valence-electron chi connectivity index (χ3n) is 6.18. The standard InChI is InChI=1S/C24H29N3O3/c1-25(2)24(29)21-13-19-15-26(14-17-7-5-4-6-8-17)16-22(28)27(19)23(21)18-9-11-20(30-3)12-10-18/h4-12,19,21,23H,13-16H2,1-3H3/t19-,21-,23-/m1/s1. The Morgan fingerprint density at radius 3 is 2.43 bits per heavy atom. The van der Waals surface area contributed by atoms with Crippen LogP contribution in [0.5, 0.6) is 5.75 Å². The van der Waals surface area contributed by atoms with Crippen molar-refractivity contribution in [1.29, 1.82) is 0 Å². The van der Waals surface area contributed by atoms with E-state index in [2.05, 4.69) is 17.0 Å². The van der Waals surface area contributed by atoms with Crippen LogP contribution in [0.4, 0.5) is 0 Å². The van der Waals surface area contributed by atoms with Crippen molar-refractivity contribution < 1.29 is 14.3 Å². The lowest BCUT2D eigenvalue weighted by Gasteiger charge is -2.40. The van der Waals surface area contributed by atoms with Gasteiger partial charge >= 0.3 is 0 Å². The molecule has 2 saturated heterocycles. The van der Waals surface area contributed by atoms with E-state index < -0.39 is 0 Å². The van der Waals surface area contributed by atoms with Crippen molar-refractivity contribution in [2.75, 3.05) is 34.3 Å². The minimum Gasteiger partial charge on any atom is -0.497 e. The Bertz CT molecular complexity index is 898. The average molecular weight is 408 g/mol. The van der Waals surface area contributed by atoms with E-state index in [1.807, 2.05) is 47.4 Å². The van der Waals surface area contributed by atoms with Gasteiger partial charge in [-0.05, 0) is 29.7 Å². The summed E-state index contributed by atoms with van der Waals surface area (Å²) in [6, 6.07) is 17.8. The van der Waals surface area contributed by atoms with E-state index in [1.54, 1.807) is 26.1 Å². The van der Waals surface area contributed by atoms with E-state index in [-0.39, 0.29) is 29.8 Å². The van der Waals surface area contributed by atoms with Gasteiger partial charge < -0.3 is 14.5 Å². The monoisotopic (exact) mass is 407 g/mol. The van der Waals surface area contributed by atoms with Crippen LogP contribution in [0.3, 0.4) is 0 Å². The lowest BCUT2D eigenvalue weighted by molar-refractivity contribution is -0.141. The van der Waals surface area contributed by atoms with Crippen LogP contribution in [0.1, 0.15) is 23.6 Å². The summed E-state index contributed by atoms with van der Waals surface area (Å²) in [5, 5.41) is 0. The van der Waals surface area contributed by atoms with Crippen LogP contribution in [0.25, 0.3) is 0 Å². The number of nitrogens with zero attached hydrogens (tertiary/aromatic N) is 3. The van der Waals surface area contributed by atoms with Gasteiger partial charge in [0.1, 0.15) is 5.75 Å². The molecule has 0 aromatic heterocycles. The molecular formula is C24H29N3O3. The van der Waals surface area contributed by atoms with E-state index in [1.165, 1.54) is 5.56 Å². The summed E-state index contributed by atoms with van der Waals surface area (Å²) in [4.78, 5) is 32.1. The number of carbonyl (C=O) groups is 2. The largest absolute Gasteiger partial charge is 0.497 e. The van der Waals surface area contributed by atoms with Crippen LogP contribution in [0.15, 0.2) is 54.6 Å². The number of methoxy groups -OCH3 is 1. The number of piperazine rings is 1. The molecule has 2 amide bonds. The molecule has 0 N–H and O–H groups in total. The van der Waals surface area contributed by atoms with Gasteiger partial charge in [-0.1, -0.05) is 42.5 Å². The van der Waals surface area contributed by atoms with Crippen molar-refractivity contribution in [2.45, 2.75) is 25.0 Å². The number of benzene rings is 2. The van der Waals surface area contributed by atoms with Crippen LogP contribution >= 0.6 is 0 Å². The number of hydrogen-bond donors (Lipinski definition) is 0. The Hall–Kier alpha value is -2.86. The topological polar surface area (TPSA) is 53.1 Å². The predicted octanol–water partition coefficient (Wildman–Crippen LogP) is 2.56. The van der Waals surface area contributed by atoms with Crippen LogP contribution < -0.4 is 4.74 Å². The fourth-order valence-electron chi connectivity index (χ4n) is 4.84. The number of hydrogen-bond acceptors (Lipinski definition) is 4. The molecule has 4 rings (SSSR count). The molecule has 2 heterocycles. The van der Waals surface area contributed by atoms with Gasteiger partial charge in [-0.2, -0.15) is 0 Å². The van der Waals surface area contributed by atoms with Crippen LogP contribution in [0, 0.1) is 5.92 Å². The van der Waals surface area contributed by atoms with Gasteiger partial charge in [-0.3, -0.25) is 14.5 Å². The average Bonchev–Trinajstić information content (AvgIpc) is 3.13. The molecule has 0 saturated carbocycles. The SMILES string of the molecule is COc1ccc([C@@H]2[C@H](C(=O)N(C)C)C[C@@H]3CN(Cc4ccccc4)CC(=O)N32)cc1. The van der Waals surface area contributed by atoms with Gasteiger partial charge in [0, 0.05) is 33.2 Å². The molecule has 6 heteroatoms. The second-order valence-corrected chi connectivity index (χ2v) is 8.40. The summed E-state index contributed by atoms with van der Waals surface area (Å²) in [5.41, 5.74) is 2.19. The molecule has 2 aliphatic rings. The fourth-order valence-corrected chi connectivity index (χ4v) is 4.84. The number of amides is 2. The van der Waals surface area contributed by atoms with E-state index >= 15 is 0 Å². The van der Waals surface area contributed by atoms with Crippen molar-refractivity contribution in [3.63, 3.8) is 0 Å². The summed E-state index contributed by atoms with van der Waals surface area (Å²) in [6.07, 6.45) is 0.685. The first-order valence-corrected chi connectivity index (χ1v) is 10.4. The molecule has 0 aliphatic carbocycles. The van der Waals surface area contributed by atoms with Crippen molar-refractivity contribution in [1.82, 2.24) is 14.7 Å². The molecule has 0 spiro atoms. The first-order valence-electron chi connectivity index (χ1n) is 10.4. The molecule has 2 aromatic carbocycles. The minimum atomic E-state index is -0.237. The number of carbonyl (C=O) groups excluding carboxylic acids is 2.